The second kappa shape index (κ2) is 5.46. The molecule has 21 heavy (non-hydrogen) atoms. The van der Waals surface area contributed by atoms with E-state index in [0.29, 0.717) is 17.1 Å². The molecule has 0 aliphatic heterocycles. The van der Waals surface area contributed by atoms with Gasteiger partial charge in [0.2, 0.25) is 0 Å². The number of pyridine rings is 1. The highest BCUT2D eigenvalue weighted by molar-refractivity contribution is 6.03. The molecule has 3 aromatic rings. The smallest absolute Gasteiger partial charge is 0.258 e. The van der Waals surface area contributed by atoms with Crippen molar-refractivity contribution in [1.29, 1.82) is 0 Å². The molecule has 0 aliphatic rings. The van der Waals surface area contributed by atoms with Crippen molar-refractivity contribution in [3.63, 3.8) is 0 Å². The van der Waals surface area contributed by atoms with Gasteiger partial charge in [-0.3, -0.25) is 4.79 Å². The number of nitrogen functional groups attached to an aromatic ring is 1. The summed E-state index contributed by atoms with van der Waals surface area (Å²) in [4.78, 5) is 16.0. The van der Waals surface area contributed by atoms with Gasteiger partial charge in [0.15, 0.2) is 0 Å². The largest absolute Gasteiger partial charge is 0.384 e. The predicted octanol–water partition coefficient (Wildman–Crippen LogP) is 2.10. The fourth-order valence-corrected chi connectivity index (χ4v) is 1.84. The number of hydrogen-bond donors (Lipinski definition) is 2. The second-order valence-electron chi connectivity index (χ2n) is 4.43. The van der Waals surface area contributed by atoms with E-state index in [-0.39, 0.29) is 5.91 Å². The quantitative estimate of drug-likeness (QED) is 0.768. The lowest BCUT2D eigenvalue weighted by atomic mass is 10.3. The molecule has 0 unspecified atom stereocenters. The Morgan fingerprint density at radius 2 is 1.90 bits per heavy atom. The average Bonchev–Trinajstić information content (AvgIpc) is 3.00. The van der Waals surface area contributed by atoms with Crippen molar-refractivity contribution in [2.75, 3.05) is 11.1 Å². The lowest BCUT2D eigenvalue weighted by Gasteiger charge is -2.03. The Morgan fingerprint density at radius 3 is 2.62 bits per heavy atom. The van der Waals surface area contributed by atoms with Gasteiger partial charge in [0, 0.05) is 6.20 Å². The van der Waals surface area contributed by atoms with E-state index < -0.39 is 0 Å². The number of carbonyl (C=O) groups excluding carboxylic acids is 1. The standard InChI is InChI=1S/C15H13N5O/c16-14-7-6-12(9-17-14)19-15(21)11-8-18-20(10-11)13-4-2-1-3-5-13/h1-10H,(H2,16,17)(H,19,21). The summed E-state index contributed by atoms with van der Waals surface area (Å²) in [6.45, 7) is 0. The summed E-state index contributed by atoms with van der Waals surface area (Å²) >= 11 is 0. The number of amides is 1. The van der Waals surface area contributed by atoms with Crippen LogP contribution < -0.4 is 11.1 Å². The van der Waals surface area contributed by atoms with Gasteiger partial charge in [-0.25, -0.2) is 9.67 Å². The zero-order valence-electron chi connectivity index (χ0n) is 11.1. The minimum atomic E-state index is -0.247. The Morgan fingerprint density at radius 1 is 1.10 bits per heavy atom. The van der Waals surface area contributed by atoms with E-state index >= 15 is 0 Å². The number of anilines is 2. The number of carbonyl (C=O) groups is 1. The molecule has 1 aromatic carbocycles. The van der Waals surface area contributed by atoms with Crippen LogP contribution in [-0.2, 0) is 0 Å². The number of para-hydroxylation sites is 1. The average molecular weight is 279 g/mol. The first-order valence-electron chi connectivity index (χ1n) is 6.35. The highest BCUT2D eigenvalue weighted by Gasteiger charge is 2.09. The third-order valence-corrected chi connectivity index (χ3v) is 2.91. The highest BCUT2D eigenvalue weighted by atomic mass is 16.1. The van der Waals surface area contributed by atoms with Gasteiger partial charge in [-0.2, -0.15) is 5.10 Å². The maximum Gasteiger partial charge on any atom is 0.258 e. The molecule has 3 rings (SSSR count). The molecular weight excluding hydrogens is 266 g/mol. The number of nitrogens with one attached hydrogen (secondary N) is 1. The van der Waals surface area contributed by atoms with Crippen LogP contribution in [0.25, 0.3) is 5.69 Å². The van der Waals surface area contributed by atoms with E-state index in [4.69, 9.17) is 5.73 Å². The summed E-state index contributed by atoms with van der Waals surface area (Å²) in [6, 6.07) is 12.9. The summed E-state index contributed by atoms with van der Waals surface area (Å²) in [6.07, 6.45) is 4.71. The number of rotatable bonds is 3. The van der Waals surface area contributed by atoms with Gasteiger partial charge in [-0.1, -0.05) is 18.2 Å². The lowest BCUT2D eigenvalue weighted by Crippen LogP contribution is -2.11. The van der Waals surface area contributed by atoms with Gasteiger partial charge >= 0.3 is 0 Å². The molecule has 0 spiro atoms. The molecule has 0 fully saturated rings. The van der Waals surface area contributed by atoms with Crippen molar-refractivity contribution in [2.45, 2.75) is 0 Å². The molecule has 0 bridgehead atoms. The normalized spacial score (nSPS) is 10.3. The molecule has 1 amide bonds. The van der Waals surface area contributed by atoms with Crippen molar-refractivity contribution in [3.05, 3.63) is 66.6 Å². The zero-order valence-corrected chi connectivity index (χ0v) is 11.1. The van der Waals surface area contributed by atoms with Crippen LogP contribution in [0.5, 0.6) is 0 Å². The Kier molecular flexibility index (Phi) is 3.34. The fraction of sp³-hybridized carbons (Fsp3) is 0. The molecule has 0 atom stereocenters. The van der Waals surface area contributed by atoms with Crippen LogP contribution in [0.1, 0.15) is 10.4 Å². The topological polar surface area (TPSA) is 85.8 Å². The molecular formula is C15H13N5O. The van der Waals surface area contributed by atoms with Gasteiger partial charge in [-0.05, 0) is 24.3 Å². The molecule has 0 aliphatic carbocycles. The first-order chi connectivity index (χ1) is 10.2. The molecule has 0 saturated carbocycles. The predicted molar refractivity (Wildman–Crippen MR) is 80.2 cm³/mol. The molecule has 6 heteroatoms. The summed E-state index contributed by atoms with van der Waals surface area (Å²) in [5.74, 6) is 0.161. The van der Waals surface area contributed by atoms with Crippen molar-refractivity contribution in [3.8, 4) is 5.69 Å². The Hall–Kier alpha value is -3.15. The molecule has 0 saturated heterocycles. The molecule has 104 valence electrons. The maximum atomic E-state index is 12.1. The van der Waals surface area contributed by atoms with Crippen LogP contribution in [0.2, 0.25) is 0 Å². The zero-order chi connectivity index (χ0) is 14.7. The number of nitrogens with zero attached hydrogens (tertiary/aromatic N) is 3. The van der Waals surface area contributed by atoms with E-state index in [1.807, 2.05) is 30.3 Å². The minimum Gasteiger partial charge on any atom is -0.384 e. The Balaban J connectivity index is 1.77. The van der Waals surface area contributed by atoms with Crippen LogP contribution in [-0.4, -0.2) is 20.7 Å². The minimum absolute atomic E-state index is 0.247. The summed E-state index contributed by atoms with van der Waals surface area (Å²) in [7, 11) is 0. The number of nitrogens with two attached hydrogens (primary N) is 1. The molecule has 6 nitrogen and oxygen atoms in total. The summed E-state index contributed by atoms with van der Waals surface area (Å²) in [5.41, 5.74) is 7.45. The number of aromatic nitrogens is 3. The first-order valence-corrected chi connectivity index (χ1v) is 6.35. The maximum absolute atomic E-state index is 12.1. The third kappa shape index (κ3) is 2.89. The lowest BCUT2D eigenvalue weighted by molar-refractivity contribution is 0.102. The van der Waals surface area contributed by atoms with E-state index in [1.54, 1.807) is 23.0 Å². The fourth-order valence-electron chi connectivity index (χ4n) is 1.84. The van der Waals surface area contributed by atoms with Crippen LogP contribution in [0, 0.1) is 0 Å². The molecule has 0 radical (unpaired) electrons. The van der Waals surface area contributed by atoms with Crippen molar-refractivity contribution in [1.82, 2.24) is 14.8 Å². The third-order valence-electron chi connectivity index (χ3n) is 2.91. The van der Waals surface area contributed by atoms with Gasteiger partial charge < -0.3 is 11.1 Å². The number of benzene rings is 1. The van der Waals surface area contributed by atoms with Crippen molar-refractivity contribution < 1.29 is 4.79 Å². The number of hydrogen-bond acceptors (Lipinski definition) is 4. The summed E-state index contributed by atoms with van der Waals surface area (Å²) in [5, 5.41) is 6.92. The van der Waals surface area contributed by atoms with Gasteiger partial charge in [0.25, 0.3) is 5.91 Å². The summed E-state index contributed by atoms with van der Waals surface area (Å²) < 4.78 is 1.65. The van der Waals surface area contributed by atoms with E-state index in [2.05, 4.69) is 15.4 Å². The van der Waals surface area contributed by atoms with Gasteiger partial charge in [0.05, 0.1) is 29.3 Å². The van der Waals surface area contributed by atoms with Crippen LogP contribution in [0.4, 0.5) is 11.5 Å². The van der Waals surface area contributed by atoms with Crippen LogP contribution in [0.15, 0.2) is 61.1 Å². The Bertz CT molecular complexity index is 749. The van der Waals surface area contributed by atoms with Crippen LogP contribution in [0.3, 0.4) is 0 Å². The molecule has 2 heterocycles. The molecule has 2 aromatic heterocycles. The van der Waals surface area contributed by atoms with E-state index in [9.17, 15) is 4.79 Å². The van der Waals surface area contributed by atoms with Gasteiger partial charge in [0.1, 0.15) is 5.82 Å². The second-order valence-corrected chi connectivity index (χ2v) is 4.43. The van der Waals surface area contributed by atoms with Crippen molar-refractivity contribution in [2.24, 2.45) is 0 Å². The first kappa shape index (κ1) is 12.9. The SMILES string of the molecule is Nc1ccc(NC(=O)c2cnn(-c3ccccc3)c2)cn1. The van der Waals surface area contributed by atoms with Gasteiger partial charge in [-0.15, -0.1) is 0 Å². The van der Waals surface area contributed by atoms with Crippen molar-refractivity contribution >= 4 is 17.4 Å². The van der Waals surface area contributed by atoms with E-state index in [0.717, 1.165) is 5.69 Å². The molecule has 3 N–H and O–H groups in total. The van der Waals surface area contributed by atoms with E-state index in [1.165, 1.54) is 12.4 Å². The Labute approximate surface area is 121 Å². The van der Waals surface area contributed by atoms with Crippen LogP contribution >= 0.6 is 0 Å². The highest BCUT2D eigenvalue weighted by Crippen LogP contribution is 2.11. The monoisotopic (exact) mass is 279 g/mol.